The van der Waals surface area contributed by atoms with Crippen molar-refractivity contribution in [2.45, 2.75) is 39.7 Å². The average Bonchev–Trinajstić information content (AvgIpc) is 2.48. The van der Waals surface area contributed by atoms with Crippen molar-refractivity contribution < 1.29 is 5.11 Å². The molecule has 1 aromatic rings. The Bertz CT molecular complexity index is 439. The molecule has 0 saturated carbocycles. The summed E-state index contributed by atoms with van der Waals surface area (Å²) in [6, 6.07) is 9.85. The molecule has 20 heavy (non-hydrogen) atoms. The maximum atomic E-state index is 10.9. The zero-order chi connectivity index (χ0) is 15.0. The van der Waals surface area contributed by atoms with E-state index in [9.17, 15) is 5.11 Å². The predicted octanol–water partition coefficient (Wildman–Crippen LogP) is 3.27. The van der Waals surface area contributed by atoms with Crippen molar-refractivity contribution in [1.82, 2.24) is 4.90 Å². The Kier molecular flexibility index (Phi) is 6.78. The van der Waals surface area contributed by atoms with E-state index >= 15 is 0 Å². The third-order valence-corrected chi connectivity index (χ3v) is 3.91. The highest BCUT2D eigenvalue weighted by atomic mass is 16.3. The SMILES string of the molecule is CCN(CC)CC#CC[C@](O)(c1ccccc1)C(C)C. The largest absolute Gasteiger partial charge is 0.384 e. The molecule has 0 aliphatic rings. The fourth-order valence-electron chi connectivity index (χ4n) is 2.18. The van der Waals surface area contributed by atoms with Crippen LogP contribution in [0.15, 0.2) is 30.3 Å². The van der Waals surface area contributed by atoms with Crippen LogP contribution < -0.4 is 0 Å². The van der Waals surface area contributed by atoms with Gasteiger partial charge in [-0.05, 0) is 24.6 Å². The van der Waals surface area contributed by atoms with Crippen LogP contribution in [-0.2, 0) is 5.60 Å². The molecule has 1 rings (SSSR count). The molecule has 1 atom stereocenters. The van der Waals surface area contributed by atoms with Crippen LogP contribution in [0.3, 0.4) is 0 Å². The van der Waals surface area contributed by atoms with Gasteiger partial charge in [-0.3, -0.25) is 4.90 Å². The van der Waals surface area contributed by atoms with Crippen molar-refractivity contribution in [2.75, 3.05) is 19.6 Å². The molecule has 2 heteroatoms. The van der Waals surface area contributed by atoms with E-state index in [1.807, 2.05) is 44.2 Å². The smallest absolute Gasteiger partial charge is 0.103 e. The second kappa shape index (κ2) is 8.09. The molecule has 0 spiro atoms. The minimum absolute atomic E-state index is 0.132. The Labute approximate surface area is 123 Å². The van der Waals surface area contributed by atoms with E-state index in [0.29, 0.717) is 6.42 Å². The van der Waals surface area contributed by atoms with Gasteiger partial charge in [0.05, 0.1) is 6.54 Å². The normalized spacial score (nSPS) is 13.9. The lowest BCUT2D eigenvalue weighted by molar-refractivity contribution is -0.00533. The zero-order valence-corrected chi connectivity index (χ0v) is 13.2. The van der Waals surface area contributed by atoms with E-state index < -0.39 is 5.60 Å². The van der Waals surface area contributed by atoms with Crippen LogP contribution in [0.1, 0.15) is 39.7 Å². The standard InChI is InChI=1S/C18H27NO/c1-5-19(6-2)15-11-10-14-18(20,16(3)4)17-12-8-7-9-13-17/h7-9,12-13,16,20H,5-6,14-15H2,1-4H3/t18-/m1/s1. The molecule has 1 aromatic carbocycles. The summed E-state index contributed by atoms with van der Waals surface area (Å²) in [7, 11) is 0. The van der Waals surface area contributed by atoms with Crippen molar-refractivity contribution in [3.05, 3.63) is 35.9 Å². The van der Waals surface area contributed by atoms with Crippen LogP contribution in [0.4, 0.5) is 0 Å². The summed E-state index contributed by atoms with van der Waals surface area (Å²) >= 11 is 0. The molecule has 0 saturated heterocycles. The molecule has 2 nitrogen and oxygen atoms in total. The van der Waals surface area contributed by atoms with Gasteiger partial charge in [-0.15, -0.1) is 0 Å². The van der Waals surface area contributed by atoms with Crippen molar-refractivity contribution in [1.29, 1.82) is 0 Å². The van der Waals surface area contributed by atoms with Gasteiger partial charge in [0.1, 0.15) is 5.60 Å². The first-order chi connectivity index (χ1) is 9.54. The number of aliphatic hydroxyl groups is 1. The Morgan fingerprint density at radius 1 is 1.10 bits per heavy atom. The molecule has 0 aliphatic carbocycles. The highest BCUT2D eigenvalue weighted by Crippen LogP contribution is 2.32. The van der Waals surface area contributed by atoms with Gasteiger partial charge in [0, 0.05) is 6.42 Å². The average molecular weight is 273 g/mol. The minimum Gasteiger partial charge on any atom is -0.384 e. The highest BCUT2D eigenvalue weighted by Gasteiger charge is 2.31. The predicted molar refractivity (Wildman–Crippen MR) is 85.4 cm³/mol. The van der Waals surface area contributed by atoms with Crippen molar-refractivity contribution in [3.8, 4) is 11.8 Å². The lowest BCUT2D eigenvalue weighted by Gasteiger charge is -2.31. The van der Waals surface area contributed by atoms with Gasteiger partial charge in [0.25, 0.3) is 0 Å². The Morgan fingerprint density at radius 3 is 2.20 bits per heavy atom. The second-order valence-corrected chi connectivity index (χ2v) is 5.44. The highest BCUT2D eigenvalue weighted by molar-refractivity contribution is 5.25. The summed E-state index contributed by atoms with van der Waals surface area (Å²) in [5, 5.41) is 10.9. The molecule has 0 radical (unpaired) electrons. The molecule has 0 aromatic heterocycles. The van der Waals surface area contributed by atoms with E-state index in [2.05, 4.69) is 30.6 Å². The van der Waals surface area contributed by atoms with E-state index in [1.54, 1.807) is 0 Å². The van der Waals surface area contributed by atoms with Crippen LogP contribution in [-0.4, -0.2) is 29.6 Å². The third-order valence-electron chi connectivity index (χ3n) is 3.91. The van der Waals surface area contributed by atoms with E-state index in [4.69, 9.17) is 0 Å². The molecular weight excluding hydrogens is 246 g/mol. The van der Waals surface area contributed by atoms with Crippen molar-refractivity contribution in [3.63, 3.8) is 0 Å². The van der Waals surface area contributed by atoms with Gasteiger partial charge >= 0.3 is 0 Å². The van der Waals surface area contributed by atoms with E-state index in [1.165, 1.54) is 0 Å². The lowest BCUT2D eigenvalue weighted by atomic mass is 9.81. The molecule has 0 aliphatic heterocycles. The number of benzene rings is 1. The van der Waals surface area contributed by atoms with E-state index in [0.717, 1.165) is 25.2 Å². The lowest BCUT2D eigenvalue weighted by Crippen LogP contribution is -2.31. The number of hydrogen-bond donors (Lipinski definition) is 1. The maximum absolute atomic E-state index is 10.9. The van der Waals surface area contributed by atoms with Crippen LogP contribution in [0, 0.1) is 17.8 Å². The van der Waals surface area contributed by atoms with Gasteiger partial charge in [0.2, 0.25) is 0 Å². The fraction of sp³-hybridized carbons (Fsp3) is 0.556. The topological polar surface area (TPSA) is 23.5 Å². The molecule has 0 bridgehead atoms. The maximum Gasteiger partial charge on any atom is 0.103 e. The summed E-state index contributed by atoms with van der Waals surface area (Å²) < 4.78 is 0. The van der Waals surface area contributed by atoms with Gasteiger partial charge in [-0.25, -0.2) is 0 Å². The Morgan fingerprint density at radius 2 is 1.70 bits per heavy atom. The molecule has 0 unspecified atom stereocenters. The molecule has 0 heterocycles. The Balaban J connectivity index is 2.77. The number of hydrogen-bond acceptors (Lipinski definition) is 2. The van der Waals surface area contributed by atoms with Crippen LogP contribution in [0.25, 0.3) is 0 Å². The summed E-state index contributed by atoms with van der Waals surface area (Å²) in [6.45, 7) is 11.2. The van der Waals surface area contributed by atoms with Crippen LogP contribution >= 0.6 is 0 Å². The van der Waals surface area contributed by atoms with Crippen molar-refractivity contribution >= 4 is 0 Å². The van der Waals surface area contributed by atoms with E-state index in [-0.39, 0.29) is 5.92 Å². The molecule has 1 N–H and O–H groups in total. The summed E-state index contributed by atoms with van der Waals surface area (Å²) in [5.74, 6) is 6.48. The summed E-state index contributed by atoms with van der Waals surface area (Å²) in [6.07, 6.45) is 0.482. The van der Waals surface area contributed by atoms with Crippen LogP contribution in [0.5, 0.6) is 0 Å². The first kappa shape index (κ1) is 16.8. The third kappa shape index (κ3) is 4.37. The fourth-order valence-corrected chi connectivity index (χ4v) is 2.18. The molecule has 110 valence electrons. The quantitative estimate of drug-likeness (QED) is 0.804. The molecule has 0 fully saturated rings. The zero-order valence-electron chi connectivity index (χ0n) is 13.2. The van der Waals surface area contributed by atoms with Crippen molar-refractivity contribution in [2.24, 2.45) is 5.92 Å². The molecule has 0 amide bonds. The first-order valence-electron chi connectivity index (χ1n) is 7.50. The van der Waals surface area contributed by atoms with Gasteiger partial charge in [0.15, 0.2) is 0 Å². The number of rotatable bonds is 6. The second-order valence-electron chi connectivity index (χ2n) is 5.44. The first-order valence-corrected chi connectivity index (χ1v) is 7.50. The molecular formula is C18H27NO. The Hall–Kier alpha value is -1.30. The van der Waals surface area contributed by atoms with Gasteiger partial charge < -0.3 is 5.11 Å². The summed E-state index contributed by atoms with van der Waals surface area (Å²) in [4.78, 5) is 2.27. The summed E-state index contributed by atoms with van der Waals surface area (Å²) in [5.41, 5.74) is 0.0875. The monoisotopic (exact) mass is 273 g/mol. The van der Waals surface area contributed by atoms with Gasteiger partial charge in [-0.1, -0.05) is 69.9 Å². The minimum atomic E-state index is -0.864. The van der Waals surface area contributed by atoms with Crippen LogP contribution in [0.2, 0.25) is 0 Å². The van der Waals surface area contributed by atoms with Gasteiger partial charge in [-0.2, -0.15) is 0 Å². The number of nitrogens with zero attached hydrogens (tertiary/aromatic N) is 1.